The van der Waals surface area contributed by atoms with E-state index in [1.54, 1.807) is 6.07 Å². The average molecular weight is 413 g/mol. The molecule has 1 heterocycles. The summed E-state index contributed by atoms with van der Waals surface area (Å²) in [5.74, 6) is 2.91. The molecule has 0 radical (unpaired) electrons. The Morgan fingerprint density at radius 3 is 2.57 bits per heavy atom. The van der Waals surface area contributed by atoms with Crippen molar-refractivity contribution in [3.05, 3.63) is 23.8 Å². The van der Waals surface area contributed by atoms with Crippen LogP contribution in [-0.4, -0.2) is 21.7 Å². The maximum absolute atomic E-state index is 11.0. The third-order valence-corrected chi connectivity index (χ3v) is 6.06. The van der Waals surface area contributed by atoms with Gasteiger partial charge in [0.15, 0.2) is 6.35 Å². The predicted octanol–water partition coefficient (Wildman–Crippen LogP) is 5.92. The number of rotatable bonds is 11. The molecule has 0 fully saturated rings. The van der Waals surface area contributed by atoms with Crippen molar-refractivity contribution in [2.45, 2.75) is 84.7 Å². The van der Waals surface area contributed by atoms with Gasteiger partial charge >= 0.3 is 7.60 Å². The summed E-state index contributed by atoms with van der Waals surface area (Å²) in [6, 6.07) is 5.41. The van der Waals surface area contributed by atoms with Crippen LogP contribution < -0.4 is 9.47 Å². The quantitative estimate of drug-likeness (QED) is 0.441. The van der Waals surface area contributed by atoms with Crippen LogP contribution in [0.5, 0.6) is 11.5 Å². The fourth-order valence-electron chi connectivity index (χ4n) is 3.83. The molecule has 2 N–H and O–H groups in total. The minimum absolute atomic E-state index is 0.140. The van der Waals surface area contributed by atoms with E-state index in [-0.39, 0.29) is 5.60 Å². The van der Waals surface area contributed by atoms with Crippen LogP contribution in [0.3, 0.4) is 0 Å². The highest BCUT2D eigenvalue weighted by molar-refractivity contribution is 7.51. The van der Waals surface area contributed by atoms with E-state index in [9.17, 15) is 4.57 Å². The zero-order valence-corrected chi connectivity index (χ0v) is 18.7. The van der Waals surface area contributed by atoms with Gasteiger partial charge in [0.25, 0.3) is 0 Å². The topological polar surface area (TPSA) is 76.0 Å². The number of benzene rings is 1. The first kappa shape index (κ1) is 23.3. The summed E-state index contributed by atoms with van der Waals surface area (Å²) in [5, 5.41) is 0. The molecule has 0 aromatic heterocycles. The number of hydrogen-bond acceptors (Lipinski definition) is 3. The van der Waals surface area contributed by atoms with E-state index in [1.807, 2.05) is 12.1 Å². The zero-order valence-electron chi connectivity index (χ0n) is 17.8. The van der Waals surface area contributed by atoms with Crippen LogP contribution in [-0.2, 0) is 11.0 Å². The standard InChI is InChI=1S/C22H37O5P/c1-17(2)7-5-8-18(3)9-6-13-22(4)14-12-19-15-20(10-11-21(19)27-22)26-16-28(23,24)25/h10-11,15,17-18H,5-9,12-14,16H2,1-4H3,(H2,23,24,25). The van der Waals surface area contributed by atoms with Crippen molar-refractivity contribution >= 4 is 7.60 Å². The molecule has 5 nitrogen and oxygen atoms in total. The smallest absolute Gasteiger partial charge is 0.362 e. The van der Waals surface area contributed by atoms with Gasteiger partial charge in [-0.3, -0.25) is 4.57 Å². The van der Waals surface area contributed by atoms with Gasteiger partial charge in [-0.2, -0.15) is 0 Å². The lowest BCUT2D eigenvalue weighted by molar-refractivity contribution is 0.0523. The van der Waals surface area contributed by atoms with Crippen molar-refractivity contribution < 1.29 is 23.8 Å². The second-order valence-corrected chi connectivity index (χ2v) is 10.7. The highest BCUT2D eigenvalue weighted by atomic mass is 31.2. The Morgan fingerprint density at radius 2 is 1.89 bits per heavy atom. The second-order valence-electron chi connectivity index (χ2n) is 9.08. The van der Waals surface area contributed by atoms with Gasteiger partial charge in [0.1, 0.15) is 17.1 Å². The van der Waals surface area contributed by atoms with Crippen LogP contribution in [0.2, 0.25) is 0 Å². The monoisotopic (exact) mass is 412 g/mol. The van der Waals surface area contributed by atoms with Crippen LogP contribution in [0.1, 0.15) is 78.2 Å². The molecule has 0 aliphatic carbocycles. The highest BCUT2D eigenvalue weighted by Gasteiger charge is 2.31. The van der Waals surface area contributed by atoms with E-state index >= 15 is 0 Å². The van der Waals surface area contributed by atoms with Crippen LogP contribution in [0.25, 0.3) is 0 Å². The molecule has 0 amide bonds. The Bertz CT molecular complexity index is 669. The summed E-state index contributed by atoms with van der Waals surface area (Å²) in [7, 11) is -4.17. The summed E-state index contributed by atoms with van der Waals surface area (Å²) in [6.45, 7) is 9.13. The van der Waals surface area contributed by atoms with E-state index in [4.69, 9.17) is 19.3 Å². The molecule has 1 aliphatic heterocycles. The molecule has 6 heteroatoms. The summed E-state index contributed by atoms with van der Waals surface area (Å²) < 4.78 is 22.5. The lowest BCUT2D eigenvalue weighted by Crippen LogP contribution is -2.36. The maximum Gasteiger partial charge on any atom is 0.362 e. The first-order chi connectivity index (χ1) is 13.1. The van der Waals surface area contributed by atoms with Gasteiger partial charge < -0.3 is 19.3 Å². The normalized spacial score (nSPS) is 20.5. The Labute approximate surface area is 170 Å². The molecule has 0 saturated heterocycles. The van der Waals surface area contributed by atoms with Gasteiger partial charge in [-0.25, -0.2) is 0 Å². The van der Waals surface area contributed by atoms with Crippen molar-refractivity contribution in [2.75, 3.05) is 6.35 Å². The molecule has 0 spiro atoms. The molecule has 160 valence electrons. The van der Waals surface area contributed by atoms with E-state index in [1.165, 1.54) is 32.1 Å². The molecule has 2 unspecified atom stereocenters. The van der Waals surface area contributed by atoms with Crippen LogP contribution in [0, 0.1) is 11.8 Å². The van der Waals surface area contributed by atoms with Gasteiger partial charge in [-0.05, 0) is 68.2 Å². The van der Waals surface area contributed by atoms with Crippen molar-refractivity contribution in [2.24, 2.45) is 11.8 Å². The van der Waals surface area contributed by atoms with E-state index in [2.05, 4.69) is 27.7 Å². The molecule has 0 saturated carbocycles. The fourth-order valence-corrected chi connectivity index (χ4v) is 4.15. The van der Waals surface area contributed by atoms with Crippen LogP contribution in [0.15, 0.2) is 18.2 Å². The fraction of sp³-hybridized carbons (Fsp3) is 0.727. The van der Waals surface area contributed by atoms with Crippen LogP contribution in [0.4, 0.5) is 0 Å². The number of hydrogen-bond donors (Lipinski definition) is 2. The van der Waals surface area contributed by atoms with Gasteiger partial charge in [0, 0.05) is 0 Å². The van der Waals surface area contributed by atoms with Crippen LogP contribution >= 0.6 is 7.60 Å². The van der Waals surface area contributed by atoms with Crippen molar-refractivity contribution in [1.82, 2.24) is 0 Å². The van der Waals surface area contributed by atoms with Gasteiger partial charge in [0.2, 0.25) is 0 Å². The lowest BCUT2D eigenvalue weighted by atomic mass is 9.86. The van der Waals surface area contributed by atoms with E-state index < -0.39 is 13.9 Å². The average Bonchev–Trinajstić information content (AvgIpc) is 2.59. The van der Waals surface area contributed by atoms with Crippen molar-refractivity contribution in [1.29, 1.82) is 0 Å². The SMILES string of the molecule is CC(C)CCCC(C)CCCC1(C)CCc2cc(OCP(=O)(O)O)ccc2O1. The number of ether oxygens (including phenoxy) is 2. The Kier molecular flexibility index (Phi) is 8.42. The summed E-state index contributed by atoms with van der Waals surface area (Å²) in [4.78, 5) is 17.9. The Balaban J connectivity index is 1.80. The minimum atomic E-state index is -4.17. The summed E-state index contributed by atoms with van der Waals surface area (Å²) in [6.07, 6.45) is 8.69. The maximum atomic E-state index is 11.0. The Hall–Kier alpha value is -1.03. The molecule has 28 heavy (non-hydrogen) atoms. The highest BCUT2D eigenvalue weighted by Crippen LogP contribution is 2.39. The third-order valence-electron chi connectivity index (χ3n) is 5.59. The third kappa shape index (κ3) is 8.14. The molecule has 0 bridgehead atoms. The van der Waals surface area contributed by atoms with Gasteiger partial charge in [-0.15, -0.1) is 0 Å². The molecule has 2 rings (SSSR count). The summed E-state index contributed by atoms with van der Waals surface area (Å²) >= 11 is 0. The predicted molar refractivity (Wildman–Crippen MR) is 113 cm³/mol. The largest absolute Gasteiger partial charge is 0.487 e. The molecular weight excluding hydrogens is 375 g/mol. The van der Waals surface area contributed by atoms with Crippen molar-refractivity contribution in [3.8, 4) is 11.5 Å². The lowest BCUT2D eigenvalue weighted by Gasteiger charge is -2.36. The van der Waals surface area contributed by atoms with Gasteiger partial charge in [0.05, 0.1) is 0 Å². The zero-order chi connectivity index (χ0) is 20.8. The molecular formula is C22H37O5P. The molecule has 1 aromatic carbocycles. The first-order valence-electron chi connectivity index (χ1n) is 10.6. The Morgan fingerprint density at radius 1 is 1.18 bits per heavy atom. The van der Waals surface area contributed by atoms with E-state index in [0.717, 1.165) is 42.4 Å². The van der Waals surface area contributed by atoms with E-state index in [0.29, 0.717) is 5.75 Å². The molecule has 2 atom stereocenters. The van der Waals surface area contributed by atoms with Gasteiger partial charge in [-0.1, -0.05) is 46.5 Å². The molecule has 1 aromatic rings. The number of fused-ring (bicyclic) bond motifs is 1. The van der Waals surface area contributed by atoms with Crippen molar-refractivity contribution in [3.63, 3.8) is 0 Å². The summed E-state index contributed by atoms with van der Waals surface area (Å²) in [5.41, 5.74) is 0.904. The number of aryl methyl sites for hydroxylation is 1. The molecule has 1 aliphatic rings. The second kappa shape index (κ2) is 10.1. The minimum Gasteiger partial charge on any atom is -0.487 e. The first-order valence-corrected chi connectivity index (χ1v) is 12.4.